The molecule has 0 spiro atoms. The average molecular weight is 180 g/mol. The van der Waals surface area contributed by atoms with Gasteiger partial charge in [0.1, 0.15) is 0 Å². The maximum Gasteiger partial charge on any atom is 0.0998 e. The van der Waals surface area contributed by atoms with Gasteiger partial charge in [-0.1, -0.05) is 32.4 Å². The second kappa shape index (κ2) is 4.50. The van der Waals surface area contributed by atoms with Crippen LogP contribution < -0.4 is 0 Å². The first kappa shape index (κ1) is 10.4. The standard InChI is InChI=1S/C10H14O.C2H6/c1-7-5-9-3-4-11-10(9)6-8(7)2;1-2/h5,8H,3-4,6H2,1-2H3;1-2H3. The van der Waals surface area contributed by atoms with Crippen LogP contribution in [0.3, 0.4) is 0 Å². The van der Waals surface area contributed by atoms with Crippen molar-refractivity contribution in [3.8, 4) is 0 Å². The van der Waals surface area contributed by atoms with Crippen LogP contribution in [0.4, 0.5) is 0 Å². The Balaban J connectivity index is 0.000000396. The van der Waals surface area contributed by atoms with Crippen molar-refractivity contribution in [2.45, 2.75) is 40.5 Å². The summed E-state index contributed by atoms with van der Waals surface area (Å²) in [6, 6.07) is 0. The molecule has 0 saturated carbocycles. The molecule has 2 aliphatic rings. The lowest BCUT2D eigenvalue weighted by Gasteiger charge is -2.18. The van der Waals surface area contributed by atoms with E-state index in [2.05, 4.69) is 19.9 Å². The van der Waals surface area contributed by atoms with E-state index in [9.17, 15) is 0 Å². The molecule has 0 amide bonds. The van der Waals surface area contributed by atoms with E-state index in [4.69, 9.17) is 4.74 Å². The molecule has 0 bridgehead atoms. The van der Waals surface area contributed by atoms with Gasteiger partial charge in [-0.3, -0.25) is 0 Å². The molecule has 1 nitrogen and oxygen atoms in total. The lowest BCUT2D eigenvalue weighted by atomic mass is 9.90. The molecule has 0 aromatic rings. The fourth-order valence-corrected chi connectivity index (χ4v) is 1.72. The van der Waals surface area contributed by atoms with Crippen LogP contribution in [0.1, 0.15) is 40.5 Å². The maximum atomic E-state index is 5.51. The number of hydrogen-bond donors (Lipinski definition) is 0. The molecule has 74 valence electrons. The highest BCUT2D eigenvalue weighted by atomic mass is 16.5. The van der Waals surface area contributed by atoms with Gasteiger partial charge < -0.3 is 4.74 Å². The average Bonchev–Trinajstić information content (AvgIpc) is 2.56. The molecular weight excluding hydrogens is 160 g/mol. The highest BCUT2D eigenvalue weighted by Gasteiger charge is 2.22. The van der Waals surface area contributed by atoms with Crippen LogP contribution in [0.2, 0.25) is 0 Å². The molecule has 1 aliphatic heterocycles. The lowest BCUT2D eigenvalue weighted by Crippen LogP contribution is -2.04. The van der Waals surface area contributed by atoms with Crippen LogP contribution in [0.25, 0.3) is 0 Å². The Labute approximate surface area is 81.5 Å². The summed E-state index contributed by atoms with van der Waals surface area (Å²) in [5, 5.41) is 0. The quantitative estimate of drug-likeness (QED) is 0.552. The van der Waals surface area contributed by atoms with Crippen molar-refractivity contribution in [3.63, 3.8) is 0 Å². The summed E-state index contributed by atoms with van der Waals surface area (Å²) in [5.41, 5.74) is 2.95. The monoisotopic (exact) mass is 180 g/mol. The molecule has 1 aliphatic carbocycles. The topological polar surface area (TPSA) is 9.23 Å². The highest BCUT2D eigenvalue weighted by molar-refractivity contribution is 5.33. The molecule has 0 aromatic carbocycles. The Bertz CT molecular complexity index is 236. The van der Waals surface area contributed by atoms with E-state index in [0.717, 1.165) is 19.4 Å². The van der Waals surface area contributed by atoms with Gasteiger partial charge in [-0.15, -0.1) is 0 Å². The van der Waals surface area contributed by atoms with E-state index in [-0.39, 0.29) is 0 Å². The molecule has 0 N–H and O–H groups in total. The molecule has 1 unspecified atom stereocenters. The highest BCUT2D eigenvalue weighted by Crippen LogP contribution is 2.34. The fraction of sp³-hybridized carbons (Fsp3) is 0.667. The third-order valence-corrected chi connectivity index (χ3v) is 2.68. The van der Waals surface area contributed by atoms with E-state index < -0.39 is 0 Å². The number of ether oxygens (including phenoxy) is 1. The van der Waals surface area contributed by atoms with Gasteiger partial charge in [-0.25, -0.2) is 0 Å². The van der Waals surface area contributed by atoms with Crippen LogP contribution >= 0.6 is 0 Å². The molecule has 0 radical (unpaired) electrons. The minimum atomic E-state index is 0.687. The SMILES string of the molecule is CC.CC1=CC2=C(CC1C)OCC2. The Morgan fingerprint density at radius 1 is 1.38 bits per heavy atom. The van der Waals surface area contributed by atoms with Crippen molar-refractivity contribution < 1.29 is 4.74 Å². The predicted octanol–water partition coefficient (Wildman–Crippen LogP) is 3.67. The van der Waals surface area contributed by atoms with Crippen LogP contribution in [0.15, 0.2) is 23.0 Å². The summed E-state index contributed by atoms with van der Waals surface area (Å²) in [5.74, 6) is 1.94. The van der Waals surface area contributed by atoms with E-state index in [1.165, 1.54) is 16.9 Å². The largest absolute Gasteiger partial charge is 0.497 e. The Hall–Kier alpha value is -0.720. The van der Waals surface area contributed by atoms with Gasteiger partial charge in [-0.2, -0.15) is 0 Å². The van der Waals surface area contributed by atoms with Crippen LogP contribution in [0, 0.1) is 5.92 Å². The molecule has 1 heterocycles. The number of rotatable bonds is 0. The Kier molecular flexibility index (Phi) is 3.58. The minimum Gasteiger partial charge on any atom is -0.497 e. The molecule has 1 atom stereocenters. The Morgan fingerprint density at radius 3 is 2.77 bits per heavy atom. The van der Waals surface area contributed by atoms with Crippen molar-refractivity contribution in [1.82, 2.24) is 0 Å². The van der Waals surface area contributed by atoms with Crippen molar-refractivity contribution in [3.05, 3.63) is 23.0 Å². The molecule has 0 aromatic heterocycles. The normalized spacial score (nSPS) is 25.5. The van der Waals surface area contributed by atoms with Gasteiger partial charge in [0.15, 0.2) is 0 Å². The minimum absolute atomic E-state index is 0.687. The molecular formula is C12H20O. The first-order chi connectivity index (χ1) is 6.27. The zero-order valence-corrected chi connectivity index (χ0v) is 9.18. The summed E-state index contributed by atoms with van der Waals surface area (Å²) in [6.45, 7) is 9.38. The third kappa shape index (κ3) is 2.15. The zero-order valence-electron chi connectivity index (χ0n) is 9.18. The smallest absolute Gasteiger partial charge is 0.0998 e. The second-order valence-corrected chi connectivity index (χ2v) is 3.54. The number of allylic oxidation sites excluding steroid dienone is 3. The van der Waals surface area contributed by atoms with E-state index in [1.807, 2.05) is 13.8 Å². The van der Waals surface area contributed by atoms with Gasteiger partial charge in [-0.05, 0) is 18.4 Å². The summed E-state index contributed by atoms with van der Waals surface area (Å²) < 4.78 is 5.51. The first-order valence-corrected chi connectivity index (χ1v) is 5.30. The van der Waals surface area contributed by atoms with E-state index in [1.54, 1.807) is 0 Å². The van der Waals surface area contributed by atoms with Crippen LogP contribution in [-0.4, -0.2) is 6.61 Å². The molecule has 2 rings (SSSR count). The van der Waals surface area contributed by atoms with Crippen molar-refractivity contribution in [1.29, 1.82) is 0 Å². The molecule has 13 heavy (non-hydrogen) atoms. The Morgan fingerprint density at radius 2 is 2.08 bits per heavy atom. The van der Waals surface area contributed by atoms with E-state index >= 15 is 0 Å². The molecule has 1 heteroatoms. The van der Waals surface area contributed by atoms with Gasteiger partial charge in [0.25, 0.3) is 0 Å². The van der Waals surface area contributed by atoms with Gasteiger partial charge in [0, 0.05) is 12.8 Å². The summed E-state index contributed by atoms with van der Waals surface area (Å²) in [6.07, 6.45) is 4.55. The second-order valence-electron chi connectivity index (χ2n) is 3.54. The van der Waals surface area contributed by atoms with Crippen LogP contribution in [0.5, 0.6) is 0 Å². The van der Waals surface area contributed by atoms with Crippen molar-refractivity contribution >= 4 is 0 Å². The lowest BCUT2D eigenvalue weighted by molar-refractivity contribution is 0.227. The van der Waals surface area contributed by atoms with Gasteiger partial charge in [0.2, 0.25) is 0 Å². The van der Waals surface area contributed by atoms with Gasteiger partial charge >= 0.3 is 0 Å². The molecule has 0 saturated heterocycles. The predicted molar refractivity (Wildman–Crippen MR) is 56.5 cm³/mol. The summed E-state index contributed by atoms with van der Waals surface area (Å²) in [4.78, 5) is 0. The first-order valence-electron chi connectivity index (χ1n) is 5.30. The zero-order chi connectivity index (χ0) is 9.84. The van der Waals surface area contributed by atoms with Crippen molar-refractivity contribution in [2.75, 3.05) is 6.61 Å². The maximum absolute atomic E-state index is 5.51. The van der Waals surface area contributed by atoms with Gasteiger partial charge in [0.05, 0.1) is 12.4 Å². The fourth-order valence-electron chi connectivity index (χ4n) is 1.72. The number of hydrogen-bond acceptors (Lipinski definition) is 1. The summed E-state index contributed by atoms with van der Waals surface area (Å²) >= 11 is 0. The van der Waals surface area contributed by atoms with E-state index in [0.29, 0.717) is 5.92 Å². The van der Waals surface area contributed by atoms with Crippen molar-refractivity contribution in [2.24, 2.45) is 5.92 Å². The molecule has 0 fully saturated rings. The third-order valence-electron chi connectivity index (χ3n) is 2.68. The van der Waals surface area contributed by atoms with Crippen LogP contribution in [-0.2, 0) is 4.74 Å². The summed E-state index contributed by atoms with van der Waals surface area (Å²) in [7, 11) is 0.